The van der Waals surface area contributed by atoms with Crippen LogP contribution in [0, 0.1) is 11.6 Å². The second-order valence-electron chi connectivity index (χ2n) is 8.08. The standard InChI is InChI=1S/C26H24F2N8OS/c1-4-31-23(26(37)36-14(2)15-5-7-18(27)19(28)9-15)25(30-3)33-11-16-6-8-22(38-16)20-10-17-21(12-32-20)34-13-35-24(17)29/h4-10,12-14,33H,3,11H2,1-2H3,(H,36,37)(H2,29,34,35)/b25-23+,31-4?/t14-/m0/s1. The number of aliphatic imine (C=N–C) groups is 2. The largest absolute Gasteiger partial charge is 0.383 e. The summed E-state index contributed by atoms with van der Waals surface area (Å²) in [6.07, 6.45) is 4.50. The highest BCUT2D eigenvalue weighted by Crippen LogP contribution is 2.29. The van der Waals surface area contributed by atoms with Crippen molar-refractivity contribution in [2.45, 2.75) is 26.4 Å². The zero-order valence-electron chi connectivity index (χ0n) is 20.6. The molecule has 38 heavy (non-hydrogen) atoms. The molecular weight excluding hydrogens is 510 g/mol. The van der Waals surface area contributed by atoms with Gasteiger partial charge >= 0.3 is 0 Å². The lowest BCUT2D eigenvalue weighted by Crippen LogP contribution is -2.30. The van der Waals surface area contributed by atoms with Crippen molar-refractivity contribution in [2.75, 3.05) is 5.73 Å². The number of amides is 1. The van der Waals surface area contributed by atoms with Crippen LogP contribution in [-0.4, -0.2) is 33.8 Å². The molecule has 0 aliphatic carbocycles. The summed E-state index contributed by atoms with van der Waals surface area (Å²) in [6, 6.07) is 8.55. The Hall–Kier alpha value is -4.58. The average molecular weight is 535 g/mol. The highest BCUT2D eigenvalue weighted by Gasteiger charge is 2.19. The van der Waals surface area contributed by atoms with Crippen LogP contribution in [0.3, 0.4) is 0 Å². The smallest absolute Gasteiger partial charge is 0.274 e. The number of nitrogens with one attached hydrogen (secondary N) is 2. The Bertz CT molecular complexity index is 1570. The van der Waals surface area contributed by atoms with Gasteiger partial charge in [0.15, 0.2) is 23.2 Å². The number of nitrogens with two attached hydrogens (primary N) is 1. The molecule has 4 rings (SSSR count). The number of benzene rings is 1. The predicted octanol–water partition coefficient (Wildman–Crippen LogP) is 4.54. The SMILES string of the molecule is C=N/C(NCc1ccc(-c2cc3c(N)ncnc3cn2)s1)=C(\N=CC)C(=O)N[C@@H](C)c1ccc(F)c(F)c1. The second kappa shape index (κ2) is 11.6. The Kier molecular flexibility index (Phi) is 8.12. The summed E-state index contributed by atoms with van der Waals surface area (Å²) in [5, 5.41) is 6.55. The maximum absolute atomic E-state index is 13.6. The number of thiophene rings is 1. The van der Waals surface area contributed by atoms with Gasteiger partial charge in [-0.15, -0.1) is 11.3 Å². The topological polar surface area (TPSA) is 131 Å². The molecule has 9 nitrogen and oxygen atoms in total. The van der Waals surface area contributed by atoms with E-state index in [1.807, 2.05) is 18.2 Å². The summed E-state index contributed by atoms with van der Waals surface area (Å²) >= 11 is 1.50. The molecule has 0 saturated heterocycles. The molecule has 1 aromatic carbocycles. The molecule has 12 heteroatoms. The highest BCUT2D eigenvalue weighted by molar-refractivity contribution is 7.15. The fraction of sp³-hybridized carbons (Fsp3) is 0.154. The number of rotatable bonds is 9. The summed E-state index contributed by atoms with van der Waals surface area (Å²) in [5.41, 5.74) is 7.77. The van der Waals surface area contributed by atoms with Crippen molar-refractivity contribution in [1.29, 1.82) is 0 Å². The molecule has 4 aromatic rings. The van der Waals surface area contributed by atoms with E-state index in [0.29, 0.717) is 23.4 Å². The Balaban J connectivity index is 1.50. The molecule has 194 valence electrons. The van der Waals surface area contributed by atoms with Gasteiger partial charge in [-0.2, -0.15) is 0 Å². The summed E-state index contributed by atoms with van der Waals surface area (Å²) in [5.74, 6) is -1.96. The number of halogens is 2. The van der Waals surface area contributed by atoms with Gasteiger partial charge in [0.05, 0.1) is 34.9 Å². The van der Waals surface area contributed by atoms with Gasteiger partial charge in [0, 0.05) is 16.5 Å². The van der Waals surface area contributed by atoms with Crippen LogP contribution < -0.4 is 16.4 Å². The molecule has 0 spiro atoms. The van der Waals surface area contributed by atoms with E-state index in [4.69, 9.17) is 5.73 Å². The molecule has 0 aliphatic heterocycles. The molecule has 3 heterocycles. The molecule has 3 aromatic heterocycles. The molecule has 0 aliphatic rings. The molecule has 4 N–H and O–H groups in total. The first kappa shape index (κ1) is 26.5. The van der Waals surface area contributed by atoms with E-state index in [0.717, 1.165) is 33.0 Å². The van der Waals surface area contributed by atoms with Crippen LogP contribution in [0.1, 0.15) is 30.3 Å². The summed E-state index contributed by atoms with van der Waals surface area (Å²) < 4.78 is 26.9. The first-order chi connectivity index (χ1) is 18.3. The fourth-order valence-corrected chi connectivity index (χ4v) is 4.51. The number of carbonyl (C=O) groups is 1. The van der Waals surface area contributed by atoms with Crippen molar-refractivity contribution in [3.8, 4) is 10.6 Å². The lowest BCUT2D eigenvalue weighted by Gasteiger charge is -2.16. The highest BCUT2D eigenvalue weighted by atomic mass is 32.1. The zero-order valence-corrected chi connectivity index (χ0v) is 21.4. The summed E-state index contributed by atoms with van der Waals surface area (Å²) in [7, 11) is 0. The van der Waals surface area contributed by atoms with Crippen LogP contribution in [0.5, 0.6) is 0 Å². The van der Waals surface area contributed by atoms with Crippen LogP contribution in [0.25, 0.3) is 21.5 Å². The van der Waals surface area contributed by atoms with Crippen LogP contribution >= 0.6 is 11.3 Å². The van der Waals surface area contributed by atoms with Crippen molar-refractivity contribution in [2.24, 2.45) is 9.98 Å². The fourth-order valence-electron chi connectivity index (χ4n) is 3.60. The number of pyridine rings is 1. The Morgan fingerprint density at radius 2 is 2.00 bits per heavy atom. The third-order valence-corrected chi connectivity index (χ3v) is 6.65. The third kappa shape index (κ3) is 5.86. The van der Waals surface area contributed by atoms with Gasteiger partial charge in [-0.3, -0.25) is 14.8 Å². The third-order valence-electron chi connectivity index (χ3n) is 5.54. The van der Waals surface area contributed by atoms with Crippen LogP contribution in [-0.2, 0) is 11.3 Å². The van der Waals surface area contributed by atoms with Crippen molar-refractivity contribution < 1.29 is 13.6 Å². The van der Waals surface area contributed by atoms with Crippen molar-refractivity contribution in [3.63, 3.8) is 0 Å². The van der Waals surface area contributed by atoms with Crippen LogP contribution in [0.15, 0.2) is 70.4 Å². The molecule has 1 amide bonds. The number of nitrogens with zero attached hydrogens (tertiary/aromatic N) is 5. The second-order valence-corrected chi connectivity index (χ2v) is 9.24. The van der Waals surface area contributed by atoms with Crippen molar-refractivity contribution in [1.82, 2.24) is 25.6 Å². The van der Waals surface area contributed by atoms with E-state index >= 15 is 0 Å². The van der Waals surface area contributed by atoms with Crippen LogP contribution in [0.2, 0.25) is 0 Å². The minimum Gasteiger partial charge on any atom is -0.383 e. The zero-order chi connectivity index (χ0) is 27.2. The number of hydrogen-bond donors (Lipinski definition) is 3. The first-order valence-corrected chi connectivity index (χ1v) is 12.3. The molecule has 0 bridgehead atoms. The average Bonchev–Trinajstić information content (AvgIpc) is 3.39. The van der Waals surface area contributed by atoms with Gasteiger partial charge in [0.25, 0.3) is 5.91 Å². The van der Waals surface area contributed by atoms with Gasteiger partial charge in [0.1, 0.15) is 12.1 Å². The van der Waals surface area contributed by atoms with E-state index < -0.39 is 23.6 Å². The van der Waals surface area contributed by atoms with E-state index in [9.17, 15) is 13.6 Å². The van der Waals surface area contributed by atoms with Crippen molar-refractivity contribution >= 4 is 46.9 Å². The number of anilines is 1. The van der Waals surface area contributed by atoms with Gasteiger partial charge in [0.2, 0.25) is 0 Å². The van der Waals surface area contributed by atoms with E-state index in [2.05, 4.69) is 42.3 Å². The summed E-state index contributed by atoms with van der Waals surface area (Å²) in [4.78, 5) is 35.6. The minimum absolute atomic E-state index is 0.000356. The number of nitrogen functional groups attached to an aromatic ring is 1. The van der Waals surface area contributed by atoms with E-state index in [1.165, 1.54) is 29.9 Å². The van der Waals surface area contributed by atoms with Crippen LogP contribution in [0.4, 0.5) is 14.6 Å². The summed E-state index contributed by atoms with van der Waals surface area (Å²) in [6.45, 7) is 7.21. The molecule has 0 unspecified atom stereocenters. The van der Waals surface area contributed by atoms with Crippen molar-refractivity contribution in [3.05, 3.63) is 82.5 Å². The lowest BCUT2D eigenvalue weighted by atomic mass is 10.1. The van der Waals surface area contributed by atoms with Gasteiger partial charge in [-0.1, -0.05) is 6.07 Å². The molecule has 0 saturated carbocycles. The normalized spacial score (nSPS) is 12.8. The number of hydrogen-bond acceptors (Lipinski definition) is 9. The number of fused-ring (bicyclic) bond motifs is 1. The molecule has 1 atom stereocenters. The molecular formula is C26H24F2N8OS. The van der Waals surface area contributed by atoms with Gasteiger partial charge in [-0.05, 0) is 56.5 Å². The van der Waals surface area contributed by atoms with E-state index in [-0.39, 0.29) is 11.5 Å². The van der Waals surface area contributed by atoms with E-state index in [1.54, 1.807) is 20.0 Å². The Morgan fingerprint density at radius 1 is 1.18 bits per heavy atom. The predicted molar refractivity (Wildman–Crippen MR) is 146 cm³/mol. The minimum atomic E-state index is -0.993. The number of carbonyl (C=O) groups excluding carboxylic acids is 1. The Labute approximate surface area is 221 Å². The number of aromatic nitrogens is 3. The van der Waals surface area contributed by atoms with Gasteiger partial charge in [-0.25, -0.2) is 23.7 Å². The maximum Gasteiger partial charge on any atom is 0.274 e. The quantitative estimate of drug-likeness (QED) is 0.213. The molecule has 0 fully saturated rings. The first-order valence-electron chi connectivity index (χ1n) is 11.4. The monoisotopic (exact) mass is 534 g/mol. The maximum atomic E-state index is 13.6. The van der Waals surface area contributed by atoms with Gasteiger partial charge < -0.3 is 16.4 Å². The molecule has 0 radical (unpaired) electrons. The Morgan fingerprint density at radius 3 is 2.74 bits per heavy atom. The lowest BCUT2D eigenvalue weighted by molar-refractivity contribution is -0.118.